The standard InChI is InChI=1S/C17H25N/c1-4-18-12-17(10-16(11-17)7-8-16)15-6-5-13(2)14(3)9-15/h5-6,9,18H,4,7-8,10-12H2,1-3H3. The van der Waals surface area contributed by atoms with Gasteiger partial charge in [-0.05, 0) is 68.2 Å². The van der Waals surface area contributed by atoms with Crippen LogP contribution in [-0.4, -0.2) is 13.1 Å². The average Bonchev–Trinajstić information content (AvgIpc) is 3.08. The third kappa shape index (κ3) is 1.89. The molecule has 1 aromatic rings. The van der Waals surface area contributed by atoms with Crippen molar-refractivity contribution in [3.05, 3.63) is 34.9 Å². The van der Waals surface area contributed by atoms with E-state index in [1.807, 2.05) is 0 Å². The zero-order valence-electron chi connectivity index (χ0n) is 12.0. The van der Waals surface area contributed by atoms with Gasteiger partial charge in [-0.15, -0.1) is 0 Å². The fourth-order valence-corrected chi connectivity index (χ4v) is 3.78. The maximum Gasteiger partial charge on any atom is 0.00884 e. The highest BCUT2D eigenvalue weighted by molar-refractivity contribution is 5.39. The largest absolute Gasteiger partial charge is 0.316 e. The lowest BCUT2D eigenvalue weighted by molar-refractivity contribution is 0.117. The second-order valence-corrected chi connectivity index (χ2v) is 6.71. The first-order chi connectivity index (χ1) is 8.59. The maximum absolute atomic E-state index is 3.59. The Morgan fingerprint density at radius 3 is 2.39 bits per heavy atom. The summed E-state index contributed by atoms with van der Waals surface area (Å²) >= 11 is 0. The number of benzene rings is 1. The molecule has 0 saturated heterocycles. The lowest BCUT2D eigenvalue weighted by Gasteiger charge is -2.50. The highest BCUT2D eigenvalue weighted by atomic mass is 14.9. The van der Waals surface area contributed by atoms with Gasteiger partial charge in [0.25, 0.3) is 0 Å². The Morgan fingerprint density at radius 2 is 1.83 bits per heavy atom. The van der Waals surface area contributed by atoms with Crippen molar-refractivity contribution in [2.45, 2.75) is 51.9 Å². The van der Waals surface area contributed by atoms with E-state index in [4.69, 9.17) is 0 Å². The number of rotatable bonds is 4. The second kappa shape index (κ2) is 4.09. The summed E-state index contributed by atoms with van der Waals surface area (Å²) in [5.74, 6) is 0. The Hall–Kier alpha value is -0.820. The Labute approximate surface area is 111 Å². The van der Waals surface area contributed by atoms with Gasteiger partial charge in [0.2, 0.25) is 0 Å². The summed E-state index contributed by atoms with van der Waals surface area (Å²) in [5, 5.41) is 3.59. The lowest BCUT2D eigenvalue weighted by Crippen LogP contribution is -2.49. The first-order valence-corrected chi connectivity index (χ1v) is 7.38. The summed E-state index contributed by atoms with van der Waals surface area (Å²) in [7, 11) is 0. The molecular formula is C17H25N. The molecule has 0 heterocycles. The Bertz CT molecular complexity index is 449. The van der Waals surface area contributed by atoms with Gasteiger partial charge >= 0.3 is 0 Å². The maximum atomic E-state index is 3.59. The van der Waals surface area contributed by atoms with Crippen molar-refractivity contribution in [3.8, 4) is 0 Å². The number of nitrogens with one attached hydrogen (secondary N) is 1. The summed E-state index contributed by atoms with van der Waals surface area (Å²) in [4.78, 5) is 0. The smallest absolute Gasteiger partial charge is 0.00884 e. The minimum atomic E-state index is 0.435. The van der Waals surface area contributed by atoms with Crippen molar-refractivity contribution in [3.63, 3.8) is 0 Å². The summed E-state index contributed by atoms with van der Waals surface area (Å²) < 4.78 is 0. The number of hydrogen-bond acceptors (Lipinski definition) is 1. The van der Waals surface area contributed by atoms with Gasteiger partial charge in [0.1, 0.15) is 0 Å². The molecule has 0 unspecified atom stereocenters. The minimum absolute atomic E-state index is 0.435. The van der Waals surface area contributed by atoms with Gasteiger partial charge in [-0.3, -0.25) is 0 Å². The zero-order valence-corrected chi connectivity index (χ0v) is 12.0. The van der Waals surface area contributed by atoms with Gasteiger partial charge < -0.3 is 5.32 Å². The van der Waals surface area contributed by atoms with Crippen molar-refractivity contribution in [1.29, 1.82) is 0 Å². The molecule has 98 valence electrons. The zero-order chi connectivity index (χ0) is 12.8. The molecule has 1 N–H and O–H groups in total. The van der Waals surface area contributed by atoms with E-state index in [9.17, 15) is 0 Å². The van der Waals surface area contributed by atoms with E-state index in [0.29, 0.717) is 5.41 Å². The van der Waals surface area contributed by atoms with Crippen LogP contribution in [0.3, 0.4) is 0 Å². The van der Waals surface area contributed by atoms with Gasteiger partial charge in [-0.25, -0.2) is 0 Å². The molecule has 0 amide bonds. The SMILES string of the molecule is CCNCC1(c2ccc(C)c(C)c2)CC2(CC2)C1. The van der Waals surface area contributed by atoms with Crippen LogP contribution in [-0.2, 0) is 5.41 Å². The van der Waals surface area contributed by atoms with E-state index in [-0.39, 0.29) is 0 Å². The predicted octanol–water partition coefficient (Wildman–Crippen LogP) is 3.72. The molecule has 18 heavy (non-hydrogen) atoms. The van der Waals surface area contributed by atoms with Gasteiger partial charge in [0.05, 0.1) is 0 Å². The molecule has 3 rings (SSSR count). The number of likely N-dealkylation sites (N-methyl/N-ethyl adjacent to an activating group) is 1. The van der Waals surface area contributed by atoms with Crippen LogP contribution < -0.4 is 5.32 Å². The van der Waals surface area contributed by atoms with Crippen LogP contribution in [0.25, 0.3) is 0 Å². The van der Waals surface area contributed by atoms with E-state index in [1.54, 1.807) is 5.56 Å². The fourth-order valence-electron chi connectivity index (χ4n) is 3.78. The lowest BCUT2D eigenvalue weighted by atomic mass is 9.56. The van der Waals surface area contributed by atoms with Crippen LogP contribution in [0.15, 0.2) is 18.2 Å². The minimum Gasteiger partial charge on any atom is -0.316 e. The molecule has 1 nitrogen and oxygen atoms in total. The van der Waals surface area contributed by atoms with E-state index in [1.165, 1.54) is 36.8 Å². The fraction of sp³-hybridized carbons (Fsp3) is 0.647. The molecule has 0 aromatic heterocycles. The highest BCUT2D eigenvalue weighted by Gasteiger charge is 2.60. The summed E-state index contributed by atoms with van der Waals surface area (Å²) in [6.07, 6.45) is 5.78. The first-order valence-electron chi connectivity index (χ1n) is 7.38. The Balaban J connectivity index is 1.86. The Kier molecular flexibility index (Phi) is 2.78. The molecule has 0 aliphatic heterocycles. The van der Waals surface area contributed by atoms with Crippen molar-refractivity contribution in [2.75, 3.05) is 13.1 Å². The molecule has 0 radical (unpaired) electrons. The molecule has 1 spiro atoms. The van der Waals surface area contributed by atoms with Crippen molar-refractivity contribution in [2.24, 2.45) is 5.41 Å². The monoisotopic (exact) mass is 243 g/mol. The number of hydrogen-bond donors (Lipinski definition) is 1. The third-order valence-electron chi connectivity index (χ3n) is 5.22. The van der Waals surface area contributed by atoms with Crippen LogP contribution in [0.4, 0.5) is 0 Å². The van der Waals surface area contributed by atoms with Crippen LogP contribution >= 0.6 is 0 Å². The molecule has 2 aliphatic rings. The normalized spacial score (nSPS) is 22.8. The number of aryl methyl sites for hydroxylation is 2. The van der Waals surface area contributed by atoms with Crippen LogP contribution in [0.5, 0.6) is 0 Å². The van der Waals surface area contributed by atoms with Crippen LogP contribution in [0.1, 0.15) is 49.3 Å². The van der Waals surface area contributed by atoms with Crippen molar-refractivity contribution >= 4 is 0 Å². The second-order valence-electron chi connectivity index (χ2n) is 6.71. The molecular weight excluding hydrogens is 218 g/mol. The molecule has 2 saturated carbocycles. The molecule has 0 bridgehead atoms. The summed E-state index contributed by atoms with van der Waals surface area (Å²) in [6.45, 7) is 8.90. The van der Waals surface area contributed by atoms with E-state index >= 15 is 0 Å². The van der Waals surface area contributed by atoms with Crippen molar-refractivity contribution < 1.29 is 0 Å². The predicted molar refractivity (Wildman–Crippen MR) is 77.0 cm³/mol. The topological polar surface area (TPSA) is 12.0 Å². The van der Waals surface area contributed by atoms with Crippen LogP contribution in [0, 0.1) is 19.3 Å². The molecule has 1 aromatic carbocycles. The van der Waals surface area contributed by atoms with Gasteiger partial charge in [-0.1, -0.05) is 25.1 Å². The quantitative estimate of drug-likeness (QED) is 0.849. The van der Waals surface area contributed by atoms with Crippen molar-refractivity contribution in [1.82, 2.24) is 5.32 Å². The van der Waals surface area contributed by atoms with E-state index < -0.39 is 0 Å². The highest BCUT2D eigenvalue weighted by Crippen LogP contribution is 2.68. The summed E-state index contributed by atoms with van der Waals surface area (Å²) in [6, 6.07) is 7.10. The summed E-state index contributed by atoms with van der Waals surface area (Å²) in [5.41, 5.74) is 5.63. The van der Waals surface area contributed by atoms with E-state index in [2.05, 4.69) is 44.3 Å². The first kappa shape index (κ1) is 12.2. The molecule has 1 heteroatoms. The van der Waals surface area contributed by atoms with E-state index in [0.717, 1.165) is 18.5 Å². The van der Waals surface area contributed by atoms with Gasteiger partial charge in [-0.2, -0.15) is 0 Å². The molecule has 0 atom stereocenters. The average molecular weight is 243 g/mol. The van der Waals surface area contributed by atoms with Gasteiger partial charge in [0, 0.05) is 12.0 Å². The van der Waals surface area contributed by atoms with Crippen LogP contribution in [0.2, 0.25) is 0 Å². The van der Waals surface area contributed by atoms with Gasteiger partial charge in [0.15, 0.2) is 0 Å². The third-order valence-corrected chi connectivity index (χ3v) is 5.22. The molecule has 2 aliphatic carbocycles. The molecule has 2 fully saturated rings. The Morgan fingerprint density at radius 1 is 1.11 bits per heavy atom.